The van der Waals surface area contributed by atoms with Crippen molar-refractivity contribution in [1.29, 1.82) is 0 Å². The molecule has 0 bridgehead atoms. The molecule has 0 unspecified atom stereocenters. The minimum absolute atomic E-state index is 0.0143. The molecule has 2 aromatic rings. The van der Waals surface area contributed by atoms with E-state index in [-0.39, 0.29) is 11.3 Å². The molecule has 0 heterocycles. The van der Waals surface area contributed by atoms with Gasteiger partial charge in [0.1, 0.15) is 11.3 Å². The number of hydrogen-bond donors (Lipinski definition) is 2. The molecule has 0 aliphatic heterocycles. The SMILES string of the molecule is COc1ccc(/C=N\NC(=O)c2ccc(Cl)cc2)cc1C(=O)O. The molecule has 0 radical (unpaired) electrons. The number of carboxylic acids is 1. The molecule has 0 atom stereocenters. The topological polar surface area (TPSA) is 88.0 Å². The lowest BCUT2D eigenvalue weighted by atomic mass is 10.1. The maximum atomic E-state index is 11.8. The minimum atomic E-state index is -1.11. The summed E-state index contributed by atoms with van der Waals surface area (Å²) in [6, 6.07) is 10.9. The maximum Gasteiger partial charge on any atom is 0.339 e. The molecule has 6 nitrogen and oxygen atoms in total. The number of carbonyl (C=O) groups is 2. The average molecular weight is 333 g/mol. The van der Waals surface area contributed by atoms with Gasteiger partial charge in [0.25, 0.3) is 5.91 Å². The van der Waals surface area contributed by atoms with E-state index in [9.17, 15) is 9.59 Å². The monoisotopic (exact) mass is 332 g/mol. The van der Waals surface area contributed by atoms with E-state index in [2.05, 4.69) is 10.5 Å². The van der Waals surface area contributed by atoms with Gasteiger partial charge >= 0.3 is 5.97 Å². The third kappa shape index (κ3) is 4.31. The Hall–Kier alpha value is -2.86. The predicted octanol–water partition coefficient (Wildman–Crippen LogP) is 2.81. The molecule has 0 aromatic heterocycles. The Balaban J connectivity index is 2.08. The summed E-state index contributed by atoms with van der Waals surface area (Å²) < 4.78 is 4.97. The summed E-state index contributed by atoms with van der Waals surface area (Å²) in [5.41, 5.74) is 3.29. The zero-order valence-corrected chi connectivity index (χ0v) is 12.9. The molecule has 2 rings (SSSR count). The molecule has 2 N–H and O–H groups in total. The van der Waals surface area contributed by atoms with Crippen molar-refractivity contribution in [2.75, 3.05) is 7.11 Å². The highest BCUT2D eigenvalue weighted by Crippen LogP contribution is 2.19. The molecule has 0 saturated heterocycles. The van der Waals surface area contributed by atoms with Gasteiger partial charge in [-0.05, 0) is 48.0 Å². The van der Waals surface area contributed by atoms with Crippen LogP contribution in [0.15, 0.2) is 47.6 Å². The van der Waals surface area contributed by atoms with Gasteiger partial charge in [0, 0.05) is 10.6 Å². The van der Waals surface area contributed by atoms with Gasteiger partial charge in [0.05, 0.1) is 13.3 Å². The number of amides is 1. The molecule has 1 amide bonds. The van der Waals surface area contributed by atoms with Gasteiger partial charge in [-0.2, -0.15) is 5.10 Å². The molecule has 0 fully saturated rings. The maximum absolute atomic E-state index is 11.8. The molecule has 2 aromatic carbocycles. The highest BCUT2D eigenvalue weighted by molar-refractivity contribution is 6.30. The Bertz CT molecular complexity index is 757. The van der Waals surface area contributed by atoms with E-state index < -0.39 is 11.9 Å². The summed E-state index contributed by atoms with van der Waals surface area (Å²) in [4.78, 5) is 23.0. The average Bonchev–Trinajstić information content (AvgIpc) is 2.55. The number of carboxylic acid groups (broad SMARTS) is 1. The Morgan fingerprint density at radius 3 is 2.52 bits per heavy atom. The van der Waals surface area contributed by atoms with Crippen molar-refractivity contribution in [3.8, 4) is 5.75 Å². The largest absolute Gasteiger partial charge is 0.496 e. The highest BCUT2D eigenvalue weighted by Gasteiger charge is 2.11. The number of nitrogens with zero attached hydrogens (tertiary/aromatic N) is 1. The van der Waals surface area contributed by atoms with Crippen LogP contribution in [0.1, 0.15) is 26.3 Å². The fourth-order valence-corrected chi connectivity index (χ4v) is 1.93. The number of halogens is 1. The Labute approximate surface area is 137 Å². The first-order valence-corrected chi connectivity index (χ1v) is 6.89. The molecule has 0 aliphatic rings. The molecule has 0 spiro atoms. The van der Waals surface area contributed by atoms with Crippen molar-refractivity contribution >= 4 is 29.7 Å². The fourth-order valence-electron chi connectivity index (χ4n) is 1.80. The fraction of sp³-hybridized carbons (Fsp3) is 0.0625. The van der Waals surface area contributed by atoms with Crippen molar-refractivity contribution in [1.82, 2.24) is 5.43 Å². The number of hydrogen-bond acceptors (Lipinski definition) is 4. The second-order valence-corrected chi connectivity index (χ2v) is 4.91. The Kier molecular flexibility index (Phi) is 5.32. The number of methoxy groups -OCH3 is 1. The second kappa shape index (κ2) is 7.42. The van der Waals surface area contributed by atoms with Crippen LogP contribution in [-0.4, -0.2) is 30.3 Å². The third-order valence-corrected chi connectivity index (χ3v) is 3.19. The predicted molar refractivity (Wildman–Crippen MR) is 86.5 cm³/mol. The normalized spacial score (nSPS) is 10.5. The molecule has 0 saturated carbocycles. The van der Waals surface area contributed by atoms with Crippen molar-refractivity contribution in [2.45, 2.75) is 0 Å². The first-order valence-electron chi connectivity index (χ1n) is 6.51. The number of benzene rings is 2. The molecule has 7 heteroatoms. The highest BCUT2D eigenvalue weighted by atomic mass is 35.5. The van der Waals surface area contributed by atoms with Crippen LogP contribution in [0.4, 0.5) is 0 Å². The summed E-state index contributed by atoms with van der Waals surface area (Å²) in [6.45, 7) is 0. The molecule has 118 valence electrons. The van der Waals surface area contributed by atoms with Crippen LogP contribution < -0.4 is 10.2 Å². The Morgan fingerprint density at radius 2 is 1.91 bits per heavy atom. The summed E-state index contributed by atoms with van der Waals surface area (Å²) in [7, 11) is 1.39. The minimum Gasteiger partial charge on any atom is -0.496 e. The number of rotatable bonds is 5. The lowest BCUT2D eigenvalue weighted by molar-refractivity contribution is 0.0693. The smallest absolute Gasteiger partial charge is 0.339 e. The molecular formula is C16H13ClN2O4. The van der Waals surface area contributed by atoms with Gasteiger partial charge < -0.3 is 9.84 Å². The molecular weight excluding hydrogens is 320 g/mol. The van der Waals surface area contributed by atoms with Crippen LogP contribution in [0.5, 0.6) is 5.75 Å². The summed E-state index contributed by atoms with van der Waals surface area (Å²) in [5.74, 6) is -1.26. The third-order valence-electron chi connectivity index (χ3n) is 2.94. The van der Waals surface area contributed by atoms with E-state index in [0.29, 0.717) is 16.1 Å². The molecule has 23 heavy (non-hydrogen) atoms. The summed E-state index contributed by atoms with van der Waals surface area (Å²) in [6.07, 6.45) is 1.35. The van der Waals surface area contributed by atoms with Crippen molar-refractivity contribution in [3.05, 3.63) is 64.2 Å². The first-order chi connectivity index (χ1) is 11.0. The van der Waals surface area contributed by atoms with Crippen molar-refractivity contribution in [2.24, 2.45) is 5.10 Å². The number of nitrogens with one attached hydrogen (secondary N) is 1. The van der Waals surface area contributed by atoms with E-state index in [4.69, 9.17) is 21.4 Å². The van der Waals surface area contributed by atoms with Crippen LogP contribution in [0.3, 0.4) is 0 Å². The number of carbonyl (C=O) groups excluding carboxylic acids is 1. The van der Waals surface area contributed by atoms with E-state index in [1.54, 1.807) is 30.3 Å². The van der Waals surface area contributed by atoms with Crippen LogP contribution in [0, 0.1) is 0 Å². The van der Waals surface area contributed by atoms with Crippen LogP contribution in [0.2, 0.25) is 5.02 Å². The lowest BCUT2D eigenvalue weighted by Crippen LogP contribution is -2.17. The van der Waals surface area contributed by atoms with Crippen LogP contribution in [-0.2, 0) is 0 Å². The van der Waals surface area contributed by atoms with Gasteiger partial charge in [-0.1, -0.05) is 11.6 Å². The van der Waals surface area contributed by atoms with E-state index >= 15 is 0 Å². The van der Waals surface area contributed by atoms with Crippen molar-refractivity contribution in [3.63, 3.8) is 0 Å². The van der Waals surface area contributed by atoms with Crippen LogP contribution >= 0.6 is 11.6 Å². The number of ether oxygens (including phenoxy) is 1. The quantitative estimate of drug-likeness (QED) is 0.651. The Morgan fingerprint density at radius 1 is 1.22 bits per heavy atom. The zero-order valence-electron chi connectivity index (χ0n) is 12.1. The van der Waals surface area contributed by atoms with Crippen molar-refractivity contribution < 1.29 is 19.4 Å². The molecule has 0 aliphatic carbocycles. The van der Waals surface area contributed by atoms with Gasteiger partial charge in [-0.15, -0.1) is 0 Å². The van der Waals surface area contributed by atoms with Gasteiger partial charge in [-0.3, -0.25) is 4.79 Å². The van der Waals surface area contributed by atoms with Gasteiger partial charge in [0.2, 0.25) is 0 Å². The van der Waals surface area contributed by atoms with Gasteiger partial charge in [0.15, 0.2) is 0 Å². The zero-order chi connectivity index (χ0) is 16.8. The lowest BCUT2D eigenvalue weighted by Gasteiger charge is -2.05. The first kappa shape index (κ1) is 16.5. The number of hydrazone groups is 1. The van der Waals surface area contributed by atoms with Gasteiger partial charge in [-0.25, -0.2) is 10.2 Å². The van der Waals surface area contributed by atoms with E-state index in [0.717, 1.165) is 0 Å². The van der Waals surface area contributed by atoms with Crippen LogP contribution in [0.25, 0.3) is 0 Å². The second-order valence-electron chi connectivity index (χ2n) is 4.47. The van der Waals surface area contributed by atoms with E-state index in [1.807, 2.05) is 0 Å². The van der Waals surface area contributed by atoms with E-state index in [1.165, 1.54) is 25.5 Å². The summed E-state index contributed by atoms with van der Waals surface area (Å²) in [5, 5.41) is 13.4. The standard InChI is InChI=1S/C16H13ClN2O4/c1-23-14-7-2-10(8-13(14)16(21)22)9-18-19-15(20)11-3-5-12(17)6-4-11/h2-9H,1H3,(H,19,20)(H,21,22)/b18-9-. The number of aromatic carboxylic acids is 1. The summed E-state index contributed by atoms with van der Waals surface area (Å²) >= 11 is 5.75.